The molecular weight excluding hydrogens is 338 g/mol. The molecular formula is C13H9N5O7. The van der Waals surface area contributed by atoms with E-state index in [0.29, 0.717) is 10.0 Å². The summed E-state index contributed by atoms with van der Waals surface area (Å²) in [4.78, 5) is 58.7. The molecule has 0 radical (unpaired) electrons. The summed E-state index contributed by atoms with van der Waals surface area (Å²) in [7, 11) is 1.05. The van der Waals surface area contributed by atoms with Crippen LogP contribution in [0.4, 0.5) is 11.4 Å². The highest BCUT2D eigenvalue weighted by atomic mass is 16.6. The molecule has 2 aliphatic heterocycles. The largest absolute Gasteiger partial charge is 0.464 e. The van der Waals surface area contributed by atoms with E-state index in [1.807, 2.05) is 0 Å². The molecule has 0 aliphatic carbocycles. The number of methoxy groups -OCH3 is 1. The number of carbonyl (C=O) groups excluding carboxylic acids is 3. The highest BCUT2D eigenvalue weighted by molar-refractivity contribution is 6.46. The first-order valence-corrected chi connectivity index (χ1v) is 6.82. The molecule has 25 heavy (non-hydrogen) atoms. The molecule has 2 aliphatic rings. The molecule has 1 aromatic rings. The zero-order chi connectivity index (χ0) is 18.3. The number of hydrogen-bond donors (Lipinski definition) is 0. The average molecular weight is 347 g/mol. The van der Waals surface area contributed by atoms with Crippen molar-refractivity contribution in [3.8, 4) is 0 Å². The van der Waals surface area contributed by atoms with Crippen LogP contribution in [0.15, 0.2) is 34.7 Å². The lowest BCUT2D eigenvalue weighted by molar-refractivity contribution is -0.384. The molecule has 1 aromatic carbocycles. The van der Waals surface area contributed by atoms with Gasteiger partial charge in [0, 0.05) is 12.1 Å². The predicted octanol–water partition coefficient (Wildman–Crippen LogP) is -0.0212. The molecule has 0 saturated carbocycles. The first-order chi connectivity index (χ1) is 11.9. The molecule has 0 spiro atoms. The maximum Gasteiger partial charge on any atom is 0.355 e. The maximum atomic E-state index is 12.6. The summed E-state index contributed by atoms with van der Waals surface area (Å²) < 4.78 is 4.50. The Bertz CT molecular complexity index is 851. The van der Waals surface area contributed by atoms with Crippen LogP contribution in [-0.4, -0.2) is 46.7 Å². The monoisotopic (exact) mass is 347 g/mol. The van der Waals surface area contributed by atoms with Gasteiger partial charge >= 0.3 is 5.97 Å². The Morgan fingerprint density at radius 2 is 2.08 bits per heavy atom. The molecule has 0 aromatic heterocycles. The van der Waals surface area contributed by atoms with Crippen LogP contribution in [0.2, 0.25) is 0 Å². The number of nitro groups is 1. The zero-order valence-electron chi connectivity index (χ0n) is 12.6. The number of non-ortho nitro benzene ring substituents is 1. The lowest BCUT2D eigenvalue weighted by atomic mass is 9.98. The highest BCUT2D eigenvalue weighted by Gasteiger charge is 2.59. The smallest absolute Gasteiger partial charge is 0.355 e. The number of rotatable bonds is 4. The van der Waals surface area contributed by atoms with Gasteiger partial charge in [0.15, 0.2) is 11.8 Å². The van der Waals surface area contributed by atoms with Gasteiger partial charge in [-0.3, -0.25) is 19.7 Å². The quantitative estimate of drug-likeness (QED) is 0.242. The number of nitroso groups, excluding NO2 is 1. The van der Waals surface area contributed by atoms with Crippen LogP contribution in [0.1, 0.15) is 0 Å². The van der Waals surface area contributed by atoms with Crippen molar-refractivity contribution in [2.45, 2.75) is 6.04 Å². The van der Waals surface area contributed by atoms with Crippen molar-refractivity contribution in [3.63, 3.8) is 0 Å². The Hall–Kier alpha value is -3.70. The molecule has 1 fully saturated rings. The van der Waals surface area contributed by atoms with Crippen molar-refractivity contribution in [1.29, 1.82) is 0 Å². The number of imide groups is 1. The van der Waals surface area contributed by atoms with Crippen molar-refractivity contribution in [3.05, 3.63) is 39.3 Å². The number of ether oxygens (including phenoxy) is 1. The van der Waals surface area contributed by atoms with E-state index in [4.69, 9.17) is 0 Å². The predicted molar refractivity (Wildman–Crippen MR) is 80.0 cm³/mol. The number of fused-ring (bicyclic) bond motifs is 1. The van der Waals surface area contributed by atoms with E-state index in [9.17, 15) is 29.4 Å². The lowest BCUT2D eigenvalue weighted by Crippen LogP contribution is -2.36. The van der Waals surface area contributed by atoms with Gasteiger partial charge < -0.3 is 4.74 Å². The van der Waals surface area contributed by atoms with Crippen LogP contribution in [-0.2, 0) is 19.1 Å². The average Bonchev–Trinajstić information content (AvgIpc) is 3.11. The number of esters is 1. The summed E-state index contributed by atoms with van der Waals surface area (Å²) in [5.74, 6) is -4.09. The molecule has 2 heterocycles. The van der Waals surface area contributed by atoms with E-state index >= 15 is 0 Å². The first-order valence-electron chi connectivity index (χ1n) is 6.82. The molecule has 12 nitrogen and oxygen atoms in total. The van der Waals surface area contributed by atoms with Crippen LogP contribution in [0, 0.1) is 20.9 Å². The Morgan fingerprint density at radius 1 is 1.36 bits per heavy atom. The van der Waals surface area contributed by atoms with Gasteiger partial charge in [-0.1, -0.05) is 6.07 Å². The fourth-order valence-corrected chi connectivity index (χ4v) is 2.73. The van der Waals surface area contributed by atoms with E-state index in [2.05, 4.69) is 15.1 Å². The normalized spacial score (nSPS) is 21.9. The van der Waals surface area contributed by atoms with E-state index < -0.39 is 40.4 Å². The fraction of sp³-hybridized carbons (Fsp3) is 0.231. The summed E-state index contributed by atoms with van der Waals surface area (Å²) in [6.45, 7) is 0. The van der Waals surface area contributed by atoms with Gasteiger partial charge in [-0.25, -0.2) is 9.69 Å². The fourth-order valence-electron chi connectivity index (χ4n) is 2.73. The van der Waals surface area contributed by atoms with Crippen LogP contribution >= 0.6 is 0 Å². The van der Waals surface area contributed by atoms with Crippen LogP contribution in [0.3, 0.4) is 0 Å². The van der Waals surface area contributed by atoms with E-state index in [0.717, 1.165) is 13.2 Å². The molecule has 0 unspecified atom stereocenters. The van der Waals surface area contributed by atoms with Crippen LogP contribution in [0.5, 0.6) is 0 Å². The summed E-state index contributed by atoms with van der Waals surface area (Å²) in [6.07, 6.45) is 0. The molecule has 128 valence electrons. The molecule has 3 rings (SSSR count). The third kappa shape index (κ3) is 2.31. The molecule has 2 amide bonds. The summed E-state index contributed by atoms with van der Waals surface area (Å²) in [5.41, 5.74) is -0.825. The summed E-state index contributed by atoms with van der Waals surface area (Å²) in [5, 5.41) is 17.4. The number of amides is 2. The summed E-state index contributed by atoms with van der Waals surface area (Å²) in [6, 6.07) is 3.41. The second kappa shape index (κ2) is 5.74. The molecule has 1 saturated heterocycles. The number of carbonyl (C=O) groups is 3. The maximum absolute atomic E-state index is 12.6. The Morgan fingerprint density at radius 3 is 2.68 bits per heavy atom. The topological polar surface area (TPSA) is 152 Å². The Balaban J connectivity index is 2.05. The second-order valence-electron chi connectivity index (χ2n) is 5.09. The number of hydrogen-bond acceptors (Lipinski definition) is 9. The highest BCUT2D eigenvalue weighted by Crippen LogP contribution is 2.36. The Labute approximate surface area is 138 Å². The van der Waals surface area contributed by atoms with Gasteiger partial charge in [-0.15, -0.1) is 15.1 Å². The van der Waals surface area contributed by atoms with Crippen molar-refractivity contribution in [2.75, 3.05) is 12.0 Å². The van der Waals surface area contributed by atoms with Crippen LogP contribution in [0.25, 0.3) is 0 Å². The van der Waals surface area contributed by atoms with Crippen LogP contribution < -0.4 is 4.90 Å². The van der Waals surface area contributed by atoms with Gasteiger partial charge in [0.05, 0.1) is 23.0 Å². The van der Waals surface area contributed by atoms with Gasteiger partial charge in [0.2, 0.25) is 5.91 Å². The third-order valence-electron chi connectivity index (χ3n) is 3.81. The molecule has 12 heteroatoms. The summed E-state index contributed by atoms with van der Waals surface area (Å²) >= 11 is 0. The number of benzene rings is 1. The molecule has 0 N–H and O–H groups in total. The van der Waals surface area contributed by atoms with E-state index in [1.54, 1.807) is 0 Å². The second-order valence-corrected chi connectivity index (χ2v) is 5.09. The zero-order valence-corrected chi connectivity index (χ0v) is 12.6. The molecule has 0 bridgehead atoms. The lowest BCUT2D eigenvalue weighted by Gasteiger charge is -2.16. The van der Waals surface area contributed by atoms with Gasteiger partial charge in [0.1, 0.15) is 5.92 Å². The van der Waals surface area contributed by atoms with Gasteiger partial charge in [-0.05, 0) is 6.07 Å². The number of anilines is 1. The Kier molecular flexibility index (Phi) is 3.71. The standard InChI is InChI=1S/C13H9N5O7/c1-25-13(21)9-8-10(17(14-9)15-22)12(20)16(11(8)19)6-3-2-4-7(5-6)18(23)24/h2-5,8,10H,1H3/t8-,10+/m0/s1. The number of nitrogens with zero attached hydrogens (tertiary/aromatic N) is 5. The van der Waals surface area contributed by atoms with Crippen molar-refractivity contribution < 1.29 is 24.0 Å². The van der Waals surface area contributed by atoms with Crippen molar-refractivity contribution in [2.24, 2.45) is 16.3 Å². The minimum Gasteiger partial charge on any atom is -0.464 e. The molecule has 2 atom stereocenters. The van der Waals surface area contributed by atoms with Gasteiger partial charge in [0.25, 0.3) is 11.6 Å². The SMILES string of the molecule is COC(=O)C1=NN(N=O)[C@H]2C(=O)N(c3cccc([N+](=O)[O-])c3)C(=O)[C@@H]12. The van der Waals surface area contributed by atoms with Crippen molar-refractivity contribution in [1.82, 2.24) is 5.12 Å². The van der Waals surface area contributed by atoms with Gasteiger partial charge in [-0.2, -0.15) is 0 Å². The first kappa shape index (κ1) is 16.2. The third-order valence-corrected chi connectivity index (χ3v) is 3.81. The number of hydrazone groups is 1. The minimum atomic E-state index is -1.43. The van der Waals surface area contributed by atoms with Crippen molar-refractivity contribution >= 4 is 34.9 Å². The van der Waals surface area contributed by atoms with E-state index in [1.165, 1.54) is 18.2 Å². The van der Waals surface area contributed by atoms with E-state index in [-0.39, 0.29) is 11.4 Å². The number of nitro benzene ring substituents is 1. The minimum absolute atomic E-state index is 0.0614.